The number of furan rings is 1. The van der Waals surface area contributed by atoms with Crippen molar-refractivity contribution in [1.82, 2.24) is 4.98 Å². The zero-order chi connectivity index (χ0) is 13.2. The molecular formula is C14H13BrN2OS. The van der Waals surface area contributed by atoms with Gasteiger partial charge in [0.05, 0.1) is 16.5 Å². The Morgan fingerprint density at radius 3 is 3.11 bits per heavy atom. The summed E-state index contributed by atoms with van der Waals surface area (Å²) in [5.74, 6) is 0.990. The molecule has 5 heteroatoms. The highest BCUT2D eigenvalue weighted by Crippen LogP contribution is 2.28. The third kappa shape index (κ3) is 2.98. The van der Waals surface area contributed by atoms with E-state index in [1.165, 1.54) is 4.70 Å². The second-order valence-corrected chi connectivity index (χ2v) is 6.41. The minimum absolute atomic E-state index is 0.287. The molecule has 3 rings (SSSR count). The maximum absolute atomic E-state index is 5.35. The van der Waals surface area contributed by atoms with Crippen LogP contribution in [0.2, 0.25) is 0 Å². The summed E-state index contributed by atoms with van der Waals surface area (Å²) in [5.41, 5.74) is 1.02. The lowest BCUT2D eigenvalue weighted by Gasteiger charge is -2.10. The van der Waals surface area contributed by atoms with Crippen molar-refractivity contribution in [3.05, 3.63) is 46.8 Å². The van der Waals surface area contributed by atoms with Crippen LogP contribution >= 0.6 is 27.3 Å². The number of thiazole rings is 1. The molecule has 3 aromatic rings. The van der Waals surface area contributed by atoms with E-state index in [4.69, 9.17) is 4.42 Å². The molecule has 1 unspecified atom stereocenters. The molecule has 0 aliphatic rings. The number of nitrogens with one attached hydrogen (secondary N) is 1. The Balaban J connectivity index is 1.74. The molecule has 0 fully saturated rings. The van der Waals surface area contributed by atoms with E-state index in [0.717, 1.165) is 27.3 Å². The molecule has 0 saturated carbocycles. The molecule has 0 bridgehead atoms. The Morgan fingerprint density at radius 1 is 1.42 bits per heavy atom. The van der Waals surface area contributed by atoms with Crippen LogP contribution in [-0.2, 0) is 6.42 Å². The Labute approximate surface area is 123 Å². The lowest BCUT2D eigenvalue weighted by molar-refractivity contribution is 0.498. The number of hydrogen-bond donors (Lipinski definition) is 1. The highest BCUT2D eigenvalue weighted by molar-refractivity contribution is 9.10. The molecule has 3 nitrogen and oxygen atoms in total. The first-order valence-electron chi connectivity index (χ1n) is 6.06. The van der Waals surface area contributed by atoms with Crippen molar-refractivity contribution < 1.29 is 4.42 Å². The summed E-state index contributed by atoms with van der Waals surface area (Å²) in [6, 6.07) is 10.4. The molecular weight excluding hydrogens is 324 g/mol. The number of fused-ring (bicyclic) bond motifs is 1. The summed E-state index contributed by atoms with van der Waals surface area (Å²) in [5, 5.41) is 4.37. The van der Waals surface area contributed by atoms with Gasteiger partial charge in [0.15, 0.2) is 5.13 Å². The van der Waals surface area contributed by atoms with Crippen LogP contribution in [0.25, 0.3) is 10.2 Å². The predicted molar refractivity (Wildman–Crippen MR) is 82.8 cm³/mol. The van der Waals surface area contributed by atoms with Crippen molar-refractivity contribution in [2.75, 3.05) is 5.32 Å². The van der Waals surface area contributed by atoms with Crippen LogP contribution in [0.15, 0.2) is 45.5 Å². The number of rotatable bonds is 4. The molecule has 2 heterocycles. The lowest BCUT2D eigenvalue weighted by Crippen LogP contribution is -2.17. The molecule has 98 valence electrons. The van der Waals surface area contributed by atoms with Gasteiger partial charge in [0.1, 0.15) is 5.76 Å². The van der Waals surface area contributed by atoms with E-state index in [9.17, 15) is 0 Å². The van der Waals surface area contributed by atoms with Crippen LogP contribution < -0.4 is 5.32 Å². The molecule has 2 aromatic heterocycles. The van der Waals surface area contributed by atoms with Crippen LogP contribution in [0, 0.1) is 0 Å². The van der Waals surface area contributed by atoms with Crippen LogP contribution in [0.5, 0.6) is 0 Å². The third-order valence-corrected chi connectivity index (χ3v) is 4.27. The second kappa shape index (κ2) is 5.35. The first-order valence-corrected chi connectivity index (χ1v) is 7.66. The summed E-state index contributed by atoms with van der Waals surface area (Å²) < 4.78 is 7.60. The van der Waals surface area contributed by atoms with Gasteiger partial charge in [0.25, 0.3) is 0 Å². The standard InChI is InChI=1S/C14H13BrN2OS/c1-9(7-11-3-2-6-18-11)16-14-17-12-8-10(15)4-5-13(12)19-14/h2-6,8-9H,7H2,1H3,(H,16,17). The second-order valence-electron chi connectivity index (χ2n) is 4.46. The molecule has 0 aliphatic heterocycles. The smallest absolute Gasteiger partial charge is 0.184 e. The van der Waals surface area contributed by atoms with Gasteiger partial charge in [-0.25, -0.2) is 4.98 Å². The van der Waals surface area contributed by atoms with Gasteiger partial charge < -0.3 is 9.73 Å². The molecule has 0 radical (unpaired) electrons. The van der Waals surface area contributed by atoms with Crippen molar-refractivity contribution in [3.63, 3.8) is 0 Å². The van der Waals surface area contributed by atoms with E-state index in [-0.39, 0.29) is 6.04 Å². The van der Waals surface area contributed by atoms with E-state index in [1.54, 1.807) is 17.6 Å². The minimum Gasteiger partial charge on any atom is -0.469 e. The van der Waals surface area contributed by atoms with Gasteiger partial charge in [-0.15, -0.1) is 0 Å². The topological polar surface area (TPSA) is 38.1 Å². The zero-order valence-electron chi connectivity index (χ0n) is 10.4. The minimum atomic E-state index is 0.287. The van der Waals surface area contributed by atoms with E-state index in [0.29, 0.717) is 0 Å². The first-order chi connectivity index (χ1) is 9.20. The van der Waals surface area contributed by atoms with Crippen LogP contribution in [0.4, 0.5) is 5.13 Å². The summed E-state index contributed by atoms with van der Waals surface area (Å²) in [7, 11) is 0. The normalized spacial score (nSPS) is 12.7. The van der Waals surface area contributed by atoms with Gasteiger partial charge in [-0.2, -0.15) is 0 Å². The number of benzene rings is 1. The highest BCUT2D eigenvalue weighted by Gasteiger charge is 2.09. The van der Waals surface area contributed by atoms with Crippen molar-refractivity contribution in [2.45, 2.75) is 19.4 Å². The lowest BCUT2D eigenvalue weighted by atomic mass is 10.2. The molecule has 19 heavy (non-hydrogen) atoms. The van der Waals surface area contributed by atoms with Gasteiger partial charge in [0, 0.05) is 16.9 Å². The monoisotopic (exact) mass is 336 g/mol. The Bertz CT molecular complexity index is 678. The third-order valence-electron chi connectivity index (χ3n) is 2.81. The molecule has 0 amide bonds. The summed E-state index contributed by atoms with van der Waals surface area (Å²) >= 11 is 5.14. The summed E-state index contributed by atoms with van der Waals surface area (Å²) in [6.45, 7) is 2.13. The predicted octanol–water partition coefficient (Wildman–Crippen LogP) is 4.69. The maximum Gasteiger partial charge on any atom is 0.184 e. The van der Waals surface area contributed by atoms with Crippen molar-refractivity contribution in [2.24, 2.45) is 0 Å². The van der Waals surface area contributed by atoms with E-state index in [2.05, 4.69) is 39.2 Å². The van der Waals surface area contributed by atoms with Gasteiger partial charge in [-0.1, -0.05) is 27.3 Å². The van der Waals surface area contributed by atoms with Crippen molar-refractivity contribution in [3.8, 4) is 0 Å². The number of nitrogens with zero attached hydrogens (tertiary/aromatic N) is 1. The Morgan fingerprint density at radius 2 is 2.32 bits per heavy atom. The van der Waals surface area contributed by atoms with Crippen molar-refractivity contribution >= 4 is 42.6 Å². The van der Waals surface area contributed by atoms with Crippen molar-refractivity contribution in [1.29, 1.82) is 0 Å². The fraction of sp³-hybridized carbons (Fsp3) is 0.214. The highest BCUT2D eigenvalue weighted by atomic mass is 79.9. The van der Waals surface area contributed by atoms with Crippen LogP contribution in [0.3, 0.4) is 0 Å². The summed E-state index contributed by atoms with van der Waals surface area (Å²) in [4.78, 5) is 4.59. The van der Waals surface area contributed by atoms with Gasteiger partial charge in [0.2, 0.25) is 0 Å². The number of anilines is 1. The SMILES string of the molecule is CC(Cc1ccco1)Nc1nc2cc(Br)ccc2s1. The van der Waals surface area contributed by atoms with Gasteiger partial charge >= 0.3 is 0 Å². The molecule has 1 aromatic carbocycles. The average molecular weight is 337 g/mol. The van der Waals surface area contributed by atoms with E-state index < -0.39 is 0 Å². The quantitative estimate of drug-likeness (QED) is 0.750. The van der Waals surface area contributed by atoms with Gasteiger partial charge in [-0.3, -0.25) is 0 Å². The fourth-order valence-electron chi connectivity index (χ4n) is 1.95. The molecule has 1 N–H and O–H groups in total. The van der Waals surface area contributed by atoms with Crippen LogP contribution in [0.1, 0.15) is 12.7 Å². The first kappa shape index (κ1) is 12.7. The molecule has 0 saturated heterocycles. The summed E-state index contributed by atoms with van der Waals surface area (Å²) in [6.07, 6.45) is 2.56. The Kier molecular flexibility index (Phi) is 3.57. The number of aromatic nitrogens is 1. The molecule has 0 aliphatic carbocycles. The zero-order valence-corrected chi connectivity index (χ0v) is 12.8. The maximum atomic E-state index is 5.35. The van der Waals surface area contributed by atoms with Gasteiger partial charge in [-0.05, 0) is 37.3 Å². The van der Waals surface area contributed by atoms with E-state index >= 15 is 0 Å². The average Bonchev–Trinajstić information content (AvgIpc) is 2.97. The molecule has 0 spiro atoms. The number of hydrogen-bond acceptors (Lipinski definition) is 4. The van der Waals surface area contributed by atoms with Crippen LogP contribution in [-0.4, -0.2) is 11.0 Å². The largest absolute Gasteiger partial charge is 0.469 e. The fourth-order valence-corrected chi connectivity index (χ4v) is 3.26. The number of halogens is 1. The van der Waals surface area contributed by atoms with E-state index in [1.807, 2.05) is 24.3 Å². The Hall–Kier alpha value is -1.33. The molecule has 1 atom stereocenters.